The Balaban J connectivity index is 2.04. The van der Waals surface area contributed by atoms with Crippen molar-refractivity contribution in [3.63, 3.8) is 0 Å². The first-order chi connectivity index (χ1) is 10.1. The Morgan fingerprint density at radius 1 is 1.19 bits per heavy atom. The van der Waals surface area contributed by atoms with Crippen LogP contribution in [0.1, 0.15) is 36.0 Å². The van der Waals surface area contributed by atoms with Crippen molar-refractivity contribution >= 4 is 11.8 Å². The highest BCUT2D eigenvalue weighted by molar-refractivity contribution is 5.98. The van der Waals surface area contributed by atoms with E-state index in [0.29, 0.717) is 11.3 Å². The number of hydrogen-bond acceptors (Lipinski definition) is 4. The number of ether oxygens (including phenoxy) is 1. The molecule has 0 aromatic heterocycles. The van der Waals surface area contributed by atoms with E-state index < -0.39 is 12.0 Å². The molecule has 1 N–H and O–H groups in total. The molecular weight excluding hydrogens is 270 g/mol. The third-order valence-electron chi connectivity index (χ3n) is 3.91. The molecule has 0 saturated carbocycles. The topological polar surface area (TPSA) is 66.8 Å². The molecule has 0 aliphatic carbocycles. The number of nitrogens with zero attached hydrogens (tertiary/aromatic N) is 1. The fourth-order valence-corrected chi connectivity index (χ4v) is 2.67. The first kappa shape index (κ1) is 15.5. The molecule has 1 aromatic carbocycles. The van der Waals surface area contributed by atoms with E-state index in [1.165, 1.54) is 0 Å². The van der Waals surface area contributed by atoms with E-state index in [2.05, 4.69) is 0 Å². The van der Waals surface area contributed by atoms with Gasteiger partial charge in [-0.25, -0.2) is 0 Å². The molecule has 1 aliphatic rings. The Kier molecular flexibility index (Phi) is 5.33. The first-order valence-corrected chi connectivity index (χ1v) is 7.26. The lowest BCUT2D eigenvalue weighted by Gasteiger charge is -2.31. The van der Waals surface area contributed by atoms with E-state index in [9.17, 15) is 14.7 Å². The molecule has 1 saturated heterocycles. The largest absolute Gasteiger partial charge is 0.497 e. The van der Waals surface area contributed by atoms with Crippen LogP contribution >= 0.6 is 0 Å². The van der Waals surface area contributed by atoms with Crippen LogP contribution in [0.5, 0.6) is 5.75 Å². The number of likely N-dealkylation sites (tertiary alicyclic amines) is 1. The van der Waals surface area contributed by atoms with Crippen LogP contribution < -0.4 is 4.74 Å². The van der Waals surface area contributed by atoms with Gasteiger partial charge in [-0.3, -0.25) is 14.5 Å². The molecule has 1 fully saturated rings. The zero-order valence-electron chi connectivity index (χ0n) is 12.2. The van der Waals surface area contributed by atoms with E-state index in [-0.39, 0.29) is 12.2 Å². The maximum atomic E-state index is 12.3. The number of aliphatic carboxylic acids is 1. The summed E-state index contributed by atoms with van der Waals surface area (Å²) >= 11 is 0. The third-order valence-corrected chi connectivity index (χ3v) is 3.91. The molecule has 1 heterocycles. The molecule has 0 spiro atoms. The second-order valence-corrected chi connectivity index (χ2v) is 5.31. The predicted octanol–water partition coefficient (Wildman–Crippen LogP) is 2.21. The third kappa shape index (κ3) is 4.04. The van der Waals surface area contributed by atoms with E-state index in [0.717, 1.165) is 32.4 Å². The van der Waals surface area contributed by atoms with Gasteiger partial charge in [-0.05, 0) is 50.2 Å². The molecule has 5 nitrogen and oxygen atoms in total. The predicted molar refractivity (Wildman–Crippen MR) is 78.8 cm³/mol. The highest BCUT2D eigenvalue weighted by atomic mass is 16.5. The van der Waals surface area contributed by atoms with Gasteiger partial charge in [0.2, 0.25) is 0 Å². The smallest absolute Gasteiger partial charge is 0.321 e. The van der Waals surface area contributed by atoms with Gasteiger partial charge in [0.05, 0.1) is 7.11 Å². The summed E-state index contributed by atoms with van der Waals surface area (Å²) in [6.07, 6.45) is 3.15. The van der Waals surface area contributed by atoms with E-state index >= 15 is 0 Å². The van der Waals surface area contributed by atoms with Crippen molar-refractivity contribution in [2.24, 2.45) is 0 Å². The summed E-state index contributed by atoms with van der Waals surface area (Å²) < 4.78 is 5.05. The molecule has 0 amide bonds. The summed E-state index contributed by atoms with van der Waals surface area (Å²) in [7, 11) is 1.56. The number of benzene rings is 1. The number of carbonyl (C=O) groups is 2. The highest BCUT2D eigenvalue weighted by Gasteiger charge is 2.29. The average molecular weight is 291 g/mol. The van der Waals surface area contributed by atoms with Crippen LogP contribution in [0.4, 0.5) is 0 Å². The summed E-state index contributed by atoms with van der Waals surface area (Å²) in [6.45, 7) is 1.51. The number of methoxy groups -OCH3 is 1. The summed E-state index contributed by atoms with van der Waals surface area (Å²) in [5.74, 6) is -0.383. The Hall–Kier alpha value is -1.88. The molecule has 0 radical (unpaired) electrons. The van der Waals surface area contributed by atoms with Gasteiger partial charge in [-0.2, -0.15) is 0 Å². The quantitative estimate of drug-likeness (QED) is 0.814. The van der Waals surface area contributed by atoms with Crippen LogP contribution in [0.2, 0.25) is 0 Å². The Morgan fingerprint density at radius 3 is 2.33 bits per heavy atom. The molecule has 5 heteroatoms. The molecular formula is C16H21NO4. The lowest BCUT2D eigenvalue weighted by molar-refractivity contribution is -0.143. The summed E-state index contributed by atoms with van der Waals surface area (Å²) in [6, 6.07) is 6.06. The minimum Gasteiger partial charge on any atom is -0.497 e. The van der Waals surface area contributed by atoms with Crippen LogP contribution in [0.15, 0.2) is 24.3 Å². The number of Topliss-reactive ketones (excluding diaryl/α,β-unsaturated/α-hetero) is 1. The number of rotatable bonds is 6. The maximum absolute atomic E-state index is 12.3. The van der Waals surface area contributed by atoms with Gasteiger partial charge in [0.1, 0.15) is 11.8 Å². The van der Waals surface area contributed by atoms with Gasteiger partial charge >= 0.3 is 5.97 Å². The number of piperidine rings is 1. The van der Waals surface area contributed by atoms with Crippen LogP contribution in [0.3, 0.4) is 0 Å². The van der Waals surface area contributed by atoms with Gasteiger partial charge in [0.15, 0.2) is 5.78 Å². The lowest BCUT2D eigenvalue weighted by Crippen LogP contribution is -2.45. The van der Waals surface area contributed by atoms with E-state index in [4.69, 9.17) is 4.74 Å². The van der Waals surface area contributed by atoms with Gasteiger partial charge in [-0.15, -0.1) is 0 Å². The molecule has 0 unspecified atom stereocenters. The second-order valence-electron chi connectivity index (χ2n) is 5.31. The van der Waals surface area contributed by atoms with Gasteiger partial charge in [-0.1, -0.05) is 6.42 Å². The zero-order chi connectivity index (χ0) is 15.2. The molecule has 1 aromatic rings. The van der Waals surface area contributed by atoms with Crippen LogP contribution in [-0.4, -0.2) is 48.0 Å². The van der Waals surface area contributed by atoms with Gasteiger partial charge < -0.3 is 9.84 Å². The first-order valence-electron chi connectivity index (χ1n) is 7.26. The van der Waals surface area contributed by atoms with Crippen molar-refractivity contribution < 1.29 is 19.4 Å². The van der Waals surface area contributed by atoms with Gasteiger partial charge in [0, 0.05) is 12.0 Å². The molecule has 1 atom stereocenters. The van der Waals surface area contributed by atoms with Crippen molar-refractivity contribution in [2.75, 3.05) is 20.2 Å². The summed E-state index contributed by atoms with van der Waals surface area (Å²) in [4.78, 5) is 25.6. The monoisotopic (exact) mass is 291 g/mol. The average Bonchev–Trinajstić information content (AvgIpc) is 2.53. The van der Waals surface area contributed by atoms with Crippen LogP contribution in [-0.2, 0) is 4.79 Å². The van der Waals surface area contributed by atoms with Crippen molar-refractivity contribution in [3.8, 4) is 5.75 Å². The lowest BCUT2D eigenvalue weighted by atomic mass is 10.0. The summed E-state index contributed by atoms with van der Waals surface area (Å²) in [5, 5.41) is 9.39. The summed E-state index contributed by atoms with van der Waals surface area (Å²) in [5.41, 5.74) is 0.527. The standard InChI is InChI=1S/C16H21NO4/c1-21-13-7-5-12(6-8-13)15(18)11-14(16(19)20)17-9-3-2-4-10-17/h5-8,14H,2-4,9-11H2,1H3,(H,19,20)/t14-/m1/s1. The fourth-order valence-electron chi connectivity index (χ4n) is 2.67. The highest BCUT2D eigenvalue weighted by Crippen LogP contribution is 2.18. The van der Waals surface area contributed by atoms with E-state index in [1.807, 2.05) is 4.90 Å². The number of carboxylic acid groups (broad SMARTS) is 1. The maximum Gasteiger partial charge on any atom is 0.321 e. The van der Waals surface area contributed by atoms with Crippen molar-refractivity contribution in [1.82, 2.24) is 4.90 Å². The number of carboxylic acids is 1. The van der Waals surface area contributed by atoms with Crippen molar-refractivity contribution in [3.05, 3.63) is 29.8 Å². The van der Waals surface area contributed by atoms with Crippen LogP contribution in [0, 0.1) is 0 Å². The van der Waals surface area contributed by atoms with Gasteiger partial charge in [0.25, 0.3) is 0 Å². The molecule has 21 heavy (non-hydrogen) atoms. The second kappa shape index (κ2) is 7.22. The van der Waals surface area contributed by atoms with E-state index in [1.54, 1.807) is 31.4 Å². The normalized spacial score (nSPS) is 17.2. The fraction of sp³-hybridized carbons (Fsp3) is 0.500. The van der Waals surface area contributed by atoms with Crippen molar-refractivity contribution in [1.29, 1.82) is 0 Å². The minimum absolute atomic E-state index is 0.0155. The molecule has 0 bridgehead atoms. The molecule has 2 rings (SSSR count). The Labute approximate surface area is 124 Å². The zero-order valence-corrected chi connectivity index (χ0v) is 12.2. The Bertz CT molecular complexity index is 492. The van der Waals surface area contributed by atoms with Crippen molar-refractivity contribution in [2.45, 2.75) is 31.7 Å². The SMILES string of the molecule is COc1ccc(C(=O)C[C@H](C(=O)O)N2CCCCC2)cc1. The minimum atomic E-state index is -0.918. The number of carbonyl (C=O) groups excluding carboxylic acids is 1. The van der Waals surface area contributed by atoms with Crippen LogP contribution in [0.25, 0.3) is 0 Å². The Morgan fingerprint density at radius 2 is 1.81 bits per heavy atom. The number of hydrogen-bond donors (Lipinski definition) is 1. The molecule has 1 aliphatic heterocycles. The number of ketones is 1. The molecule has 114 valence electrons.